The van der Waals surface area contributed by atoms with E-state index in [0.29, 0.717) is 71.9 Å². The summed E-state index contributed by atoms with van der Waals surface area (Å²) in [7, 11) is 1.27. The third-order valence-corrected chi connectivity index (χ3v) is 17.3. The number of guanidine groups is 2. The molecule has 4 atom stereocenters. The molecular weight excluding hydrogens is 1320 g/mol. The van der Waals surface area contributed by atoms with Crippen molar-refractivity contribution in [3.05, 3.63) is 151 Å². The number of hydrogen-bond acceptors (Lipinski definition) is 18. The molecule has 5 aromatic carbocycles. The topological polar surface area (TPSA) is 294 Å². The normalized spacial score (nSPS) is 21.0. The SMILES string of the molecule is CC(C)OB(OC(C)C)OC(C)C.CN1C(=O)C2(CC3(CCCOC3)Oc3ccc(Br)cc32)N=C1N.Cc1ccc(C#N)cc1-c1ccc2c(c1)C1(CC3(CCCOC3)O2)N=C(N)N(C)C1=O.Cc1ccc(C#N)cc1B(O)O.Cc1ccc(C#N)cc1Br.[CH2-]CCC.[Li+]. The van der Waals surface area contributed by atoms with Gasteiger partial charge in [-0.2, -0.15) is 22.2 Å². The molecule has 4 spiro atoms. The van der Waals surface area contributed by atoms with E-state index in [1.54, 1.807) is 45.3 Å². The zero-order chi connectivity index (χ0) is 68.6. The van der Waals surface area contributed by atoms with Gasteiger partial charge in [-0.3, -0.25) is 19.4 Å². The summed E-state index contributed by atoms with van der Waals surface area (Å²) in [5, 5.41) is 44.1. The molecule has 20 nitrogen and oxygen atoms in total. The van der Waals surface area contributed by atoms with E-state index in [-0.39, 0.29) is 60.9 Å². The van der Waals surface area contributed by atoms with E-state index in [0.717, 1.165) is 81.0 Å². The quantitative estimate of drug-likeness (QED) is 0.0813. The number of carbonyl (C=O) groups excluding carboxylic acids is 2. The number of nitrogens with zero attached hydrogens (tertiary/aromatic N) is 7. The second-order valence-corrected chi connectivity index (χ2v) is 26.2. The summed E-state index contributed by atoms with van der Waals surface area (Å²) >= 11 is 6.81. The van der Waals surface area contributed by atoms with Crippen LogP contribution in [0.25, 0.3) is 11.1 Å². The fourth-order valence-corrected chi connectivity index (χ4v) is 11.9. The Bertz CT molecular complexity index is 3620. The number of nitrogens with two attached hydrogens (primary N) is 2. The van der Waals surface area contributed by atoms with Crippen LogP contribution in [0.3, 0.4) is 0 Å². The van der Waals surface area contributed by atoms with E-state index in [1.165, 1.54) is 22.3 Å². The summed E-state index contributed by atoms with van der Waals surface area (Å²) in [6.45, 7) is 25.5. The van der Waals surface area contributed by atoms with E-state index in [9.17, 15) is 14.9 Å². The molecule has 6 N–H and O–H groups in total. The maximum atomic E-state index is 13.5. The van der Waals surface area contributed by atoms with Crippen molar-refractivity contribution >= 4 is 75.5 Å². The van der Waals surface area contributed by atoms with Crippen LogP contribution in [0, 0.1) is 61.7 Å². The van der Waals surface area contributed by atoms with E-state index >= 15 is 0 Å². The number of amides is 2. The monoisotopic (exact) mass is 1400 g/mol. The molecule has 11 rings (SSSR count). The first-order chi connectivity index (χ1) is 44.0. The second kappa shape index (κ2) is 34.9. The maximum absolute atomic E-state index is 13.5. The van der Waals surface area contributed by atoms with Gasteiger partial charge in [0.15, 0.2) is 23.0 Å². The third kappa shape index (κ3) is 19.4. The first kappa shape index (κ1) is 78.2. The van der Waals surface area contributed by atoms with E-state index in [2.05, 4.69) is 62.8 Å². The van der Waals surface area contributed by atoms with Gasteiger partial charge in [0.05, 0.1) is 48.1 Å². The predicted molar refractivity (Wildman–Crippen MR) is 368 cm³/mol. The molecule has 2 amide bonds. The van der Waals surface area contributed by atoms with Crippen molar-refractivity contribution in [2.75, 3.05) is 40.5 Å². The fraction of sp³-hybridized carbons (Fsp3) is 0.449. The molecule has 94 heavy (non-hydrogen) atoms. The Kier molecular flexibility index (Phi) is 29.0. The molecular formula is C69H86B2Br2LiN9O11. The molecule has 0 aliphatic carbocycles. The van der Waals surface area contributed by atoms with Crippen LogP contribution < -0.4 is 45.3 Å². The Hall–Kier alpha value is -6.54. The molecule has 4 unspecified atom stereocenters. The predicted octanol–water partition coefficient (Wildman–Crippen LogP) is 7.66. The Morgan fingerprint density at radius 1 is 0.649 bits per heavy atom. The number of aliphatic imine (C=N–C) groups is 2. The molecule has 0 aromatic heterocycles. The standard InChI is InChI=1S/C24H24N4O3.C16H18BrN3O3.C9H21BO3.C8H8BNO2.C8H6BrN.C4H9.Li/c1-15-4-5-16(12-25)10-18(15)17-6-7-20-19(11-17)24(21(29)28(2)22(26)27-24)13-23(31-20)8-3-9-30-14-23;1-20-13(21)16(19-14(20)18)8-15(5-2-6-22-9-15)23-12-4-3-10(17)7-11(12)16;1-7(2)11-10(12-8(3)4)13-9(5)6;1-6-2-3-7(5-10)4-8(6)9(11)12;1-6-2-3-7(5-10)4-8(6)9;1-3-4-2;/h4-7,10-11H,3,8-9,13-14H2,1-2H3,(H2,26,27);3-4,7H,2,5-6,8-9H2,1H3,(H2,18,19);7-9H,1-6H3;2-4,11-12H,1H3;2-4H,1H3;1,3-4H2,2H3;/q;;;;;-1;+1. The first-order valence-electron chi connectivity index (χ1n) is 31.1. The summed E-state index contributed by atoms with van der Waals surface area (Å²) in [4.78, 5) is 38.6. The molecule has 2 saturated heterocycles. The molecule has 6 aliphatic heterocycles. The van der Waals surface area contributed by atoms with Gasteiger partial charge in [-0.25, -0.2) is 9.98 Å². The van der Waals surface area contributed by atoms with Gasteiger partial charge in [0.25, 0.3) is 11.8 Å². The van der Waals surface area contributed by atoms with Gasteiger partial charge < -0.3 is 61.3 Å². The Morgan fingerprint density at radius 2 is 1.07 bits per heavy atom. The minimum absolute atomic E-state index is 0. The number of rotatable bonds is 9. The van der Waals surface area contributed by atoms with Crippen LogP contribution in [0.5, 0.6) is 11.5 Å². The Balaban J connectivity index is 0.000000224. The van der Waals surface area contributed by atoms with Crippen LogP contribution in [0.2, 0.25) is 0 Å². The maximum Gasteiger partial charge on any atom is 1.00 e. The van der Waals surface area contributed by atoms with Crippen LogP contribution in [0.4, 0.5) is 0 Å². The van der Waals surface area contributed by atoms with Crippen molar-refractivity contribution in [1.82, 2.24) is 9.80 Å². The van der Waals surface area contributed by atoms with Crippen LogP contribution in [0.15, 0.2) is 110 Å². The second-order valence-electron chi connectivity index (χ2n) is 24.4. The fourth-order valence-electron chi connectivity index (χ4n) is 11.2. The number of unbranched alkanes of at least 4 members (excludes halogenated alkanes) is 1. The van der Waals surface area contributed by atoms with Gasteiger partial charge in [-0.15, -0.1) is 0 Å². The Labute approximate surface area is 584 Å². The number of benzene rings is 5. The largest absolute Gasteiger partial charge is 1.00 e. The van der Waals surface area contributed by atoms with Crippen LogP contribution in [0.1, 0.15) is 144 Å². The summed E-state index contributed by atoms with van der Waals surface area (Å²) in [6.07, 6.45) is 6.87. The van der Waals surface area contributed by atoms with Crippen LogP contribution in [-0.2, 0) is 44.1 Å². The number of hydrogen-bond donors (Lipinski definition) is 4. The molecule has 6 heterocycles. The molecule has 0 saturated carbocycles. The number of halogens is 2. The summed E-state index contributed by atoms with van der Waals surface area (Å²) in [5.74, 6) is 1.51. The van der Waals surface area contributed by atoms with Crippen molar-refractivity contribution in [3.8, 4) is 40.8 Å². The average Bonchev–Trinajstić information content (AvgIpc) is 1.42. The van der Waals surface area contributed by atoms with Crippen LogP contribution >= 0.6 is 31.9 Å². The average molecular weight is 1410 g/mol. The minimum Gasteiger partial charge on any atom is -0.484 e. The van der Waals surface area contributed by atoms with Gasteiger partial charge in [-0.1, -0.05) is 75.0 Å². The Morgan fingerprint density at radius 3 is 1.47 bits per heavy atom. The molecule has 6 aliphatic rings. The third-order valence-electron chi connectivity index (χ3n) is 16.0. The van der Waals surface area contributed by atoms with Crippen molar-refractivity contribution in [2.45, 2.75) is 161 Å². The molecule has 0 bridgehead atoms. The van der Waals surface area contributed by atoms with Crippen molar-refractivity contribution < 1.29 is 71.4 Å². The number of likely N-dealkylation sites (N-methyl/N-ethyl adjacent to an activating group) is 2. The van der Waals surface area contributed by atoms with Crippen molar-refractivity contribution in [3.63, 3.8) is 0 Å². The van der Waals surface area contributed by atoms with Gasteiger partial charge in [0, 0.05) is 78.5 Å². The van der Waals surface area contributed by atoms with Crippen molar-refractivity contribution in [2.24, 2.45) is 21.5 Å². The number of nitriles is 3. The summed E-state index contributed by atoms with van der Waals surface area (Å²) in [6, 6.07) is 33.6. The van der Waals surface area contributed by atoms with Crippen molar-refractivity contribution in [1.29, 1.82) is 15.8 Å². The molecule has 494 valence electrons. The zero-order valence-corrected chi connectivity index (χ0v) is 59.5. The zero-order valence-electron chi connectivity index (χ0n) is 56.3. The van der Waals surface area contributed by atoms with Crippen LogP contribution in [-0.4, -0.2) is 128 Å². The van der Waals surface area contributed by atoms with Gasteiger partial charge >= 0.3 is 33.3 Å². The number of fused-ring (bicyclic) bond motifs is 4. The number of ether oxygens (including phenoxy) is 4. The molecule has 25 heteroatoms. The summed E-state index contributed by atoms with van der Waals surface area (Å²) < 4.78 is 42.3. The van der Waals surface area contributed by atoms with E-state index < -0.39 is 36.7 Å². The van der Waals surface area contributed by atoms with Gasteiger partial charge in [0.2, 0.25) is 0 Å². The van der Waals surface area contributed by atoms with Gasteiger partial charge in [-0.05, 0) is 182 Å². The summed E-state index contributed by atoms with van der Waals surface area (Å²) in [5.41, 5.74) is 17.2. The molecule has 0 radical (unpaired) electrons. The number of aryl methyl sites for hydroxylation is 3. The van der Waals surface area contributed by atoms with E-state index in [4.69, 9.17) is 69.9 Å². The smallest absolute Gasteiger partial charge is 0.484 e. The number of carbonyl (C=O) groups is 2. The minimum atomic E-state index is -1.50. The molecule has 2 fully saturated rings. The molecule has 5 aromatic rings. The first-order valence-corrected chi connectivity index (χ1v) is 32.7. The van der Waals surface area contributed by atoms with E-state index in [1.807, 2.05) is 122 Å². The van der Waals surface area contributed by atoms with Gasteiger partial charge in [0.1, 0.15) is 22.7 Å².